The molecule has 0 radical (unpaired) electrons. The highest BCUT2D eigenvalue weighted by Gasteiger charge is 2.20. The number of hydroxylamine groups is 1. The number of carbonyl (C=O) groups is 1. The van der Waals surface area contributed by atoms with E-state index in [0.29, 0.717) is 11.3 Å². The monoisotopic (exact) mass is 265 g/mol. The lowest BCUT2D eigenvalue weighted by molar-refractivity contribution is -0.0851. The van der Waals surface area contributed by atoms with Gasteiger partial charge in [0, 0.05) is 33.9 Å². The Labute approximate surface area is 112 Å². The minimum atomic E-state index is -0.399. The van der Waals surface area contributed by atoms with Crippen LogP contribution in [0.1, 0.15) is 10.4 Å². The van der Waals surface area contributed by atoms with Gasteiger partial charge in [-0.3, -0.25) is 4.79 Å². The van der Waals surface area contributed by atoms with E-state index in [4.69, 9.17) is 10.6 Å². The average molecular weight is 265 g/mol. The van der Waals surface area contributed by atoms with Gasteiger partial charge in [0.2, 0.25) is 0 Å². The molecule has 0 aliphatic rings. The minimum Gasteiger partial charge on any atom is -0.398 e. The van der Waals surface area contributed by atoms with Crippen molar-refractivity contribution >= 4 is 17.6 Å². The van der Waals surface area contributed by atoms with Crippen molar-refractivity contribution in [2.45, 2.75) is 0 Å². The number of anilines is 1. The molecule has 7 heteroatoms. The summed E-state index contributed by atoms with van der Waals surface area (Å²) in [4.78, 5) is 23.2. The number of carbonyl (C=O) groups excluding carboxylic acids is 1. The third-order valence-electron chi connectivity index (χ3n) is 2.33. The van der Waals surface area contributed by atoms with Gasteiger partial charge in [-0.25, -0.2) is 4.99 Å². The number of nitrogens with two attached hydrogens (primary N) is 1. The number of aliphatic imine (C=N–C) groups is 1. The predicted molar refractivity (Wildman–Crippen MR) is 74.2 cm³/mol. The first-order valence-corrected chi connectivity index (χ1v) is 5.69. The maximum Gasteiger partial charge on any atom is 0.316 e. The smallest absolute Gasteiger partial charge is 0.316 e. The molecular formula is C12H19N5O2. The number of amidine groups is 1. The number of hydrogen-bond donors (Lipinski definition) is 2. The standard InChI is InChI=1S/C12H19N5O2/c1-14-12(16(3)4)19-17(15-2)11(18)9-7-5-6-8-10(9)13/h5-8,15H,13H2,1-4H3/b14-12-. The third kappa shape index (κ3) is 3.59. The number of benzene rings is 1. The average Bonchev–Trinajstić information content (AvgIpc) is 2.39. The Bertz CT molecular complexity index is 473. The van der Waals surface area contributed by atoms with Crippen LogP contribution in [0.2, 0.25) is 0 Å². The number of nitrogen functional groups attached to an aromatic ring is 1. The number of hydrogen-bond acceptors (Lipinski definition) is 5. The Morgan fingerprint density at radius 1 is 1.37 bits per heavy atom. The van der Waals surface area contributed by atoms with E-state index in [1.807, 2.05) is 0 Å². The highest BCUT2D eigenvalue weighted by atomic mass is 16.7. The molecule has 0 aliphatic carbocycles. The Morgan fingerprint density at radius 3 is 2.47 bits per heavy atom. The molecule has 1 aromatic carbocycles. The van der Waals surface area contributed by atoms with Gasteiger partial charge in [0.25, 0.3) is 0 Å². The fourth-order valence-corrected chi connectivity index (χ4v) is 1.39. The van der Waals surface area contributed by atoms with Crippen molar-refractivity contribution in [2.24, 2.45) is 4.99 Å². The molecule has 1 aromatic rings. The second-order valence-electron chi connectivity index (χ2n) is 3.90. The number of para-hydroxylation sites is 1. The highest BCUT2D eigenvalue weighted by molar-refractivity contribution is 5.98. The molecule has 7 nitrogen and oxygen atoms in total. The molecule has 0 spiro atoms. The van der Waals surface area contributed by atoms with Gasteiger partial charge in [-0.15, -0.1) is 0 Å². The first-order chi connectivity index (χ1) is 9.01. The largest absolute Gasteiger partial charge is 0.398 e. The molecule has 19 heavy (non-hydrogen) atoms. The van der Waals surface area contributed by atoms with Crippen LogP contribution in [-0.2, 0) is 4.84 Å². The maximum absolute atomic E-state index is 12.3. The molecule has 0 aromatic heterocycles. The summed E-state index contributed by atoms with van der Waals surface area (Å²) in [6, 6.07) is 7.07. The summed E-state index contributed by atoms with van der Waals surface area (Å²) >= 11 is 0. The van der Waals surface area contributed by atoms with Gasteiger partial charge in [0.1, 0.15) is 0 Å². The Kier molecular flexibility index (Phi) is 5.13. The first kappa shape index (κ1) is 14.8. The molecule has 0 heterocycles. The SMILES string of the molecule is C/N=C(\ON(NC)C(=O)c1ccccc1N)N(C)C. The van der Waals surface area contributed by atoms with Crippen molar-refractivity contribution in [3.63, 3.8) is 0 Å². The van der Waals surface area contributed by atoms with E-state index in [0.717, 1.165) is 5.17 Å². The lowest BCUT2D eigenvalue weighted by Crippen LogP contribution is -2.45. The molecule has 1 amide bonds. The molecule has 0 aliphatic heterocycles. The molecule has 104 valence electrons. The summed E-state index contributed by atoms with van der Waals surface area (Å²) < 4.78 is 0. The number of amides is 1. The van der Waals surface area contributed by atoms with Crippen molar-refractivity contribution in [2.75, 3.05) is 33.9 Å². The van der Waals surface area contributed by atoms with Crippen LogP contribution < -0.4 is 11.2 Å². The van der Waals surface area contributed by atoms with Crippen molar-refractivity contribution in [3.8, 4) is 0 Å². The van der Waals surface area contributed by atoms with Crippen LogP contribution in [0, 0.1) is 0 Å². The van der Waals surface area contributed by atoms with Gasteiger partial charge in [-0.1, -0.05) is 17.3 Å². The van der Waals surface area contributed by atoms with Crippen LogP contribution in [0.4, 0.5) is 5.69 Å². The lowest BCUT2D eigenvalue weighted by Gasteiger charge is -2.24. The fraction of sp³-hybridized carbons (Fsp3) is 0.333. The quantitative estimate of drug-likeness (QED) is 0.348. The van der Waals surface area contributed by atoms with Gasteiger partial charge in [0.05, 0.1) is 5.56 Å². The molecule has 0 saturated heterocycles. The lowest BCUT2D eigenvalue weighted by atomic mass is 10.2. The number of rotatable bonds is 2. The molecule has 0 fully saturated rings. The van der Waals surface area contributed by atoms with Crippen LogP contribution >= 0.6 is 0 Å². The maximum atomic E-state index is 12.3. The van der Waals surface area contributed by atoms with E-state index >= 15 is 0 Å². The first-order valence-electron chi connectivity index (χ1n) is 5.69. The number of nitrogens with zero attached hydrogens (tertiary/aromatic N) is 3. The highest BCUT2D eigenvalue weighted by Crippen LogP contribution is 2.13. The van der Waals surface area contributed by atoms with E-state index in [-0.39, 0.29) is 6.02 Å². The van der Waals surface area contributed by atoms with Crippen LogP contribution in [0.15, 0.2) is 29.3 Å². The van der Waals surface area contributed by atoms with Crippen LogP contribution in [-0.4, -0.2) is 50.2 Å². The molecule has 0 atom stereocenters. The number of nitrogens with one attached hydrogen (secondary N) is 1. The van der Waals surface area contributed by atoms with Gasteiger partial charge in [0.15, 0.2) is 0 Å². The van der Waals surface area contributed by atoms with Crippen LogP contribution in [0.25, 0.3) is 0 Å². The Hall–Kier alpha value is -2.28. The molecule has 0 unspecified atom stereocenters. The molecular weight excluding hydrogens is 246 g/mol. The second-order valence-corrected chi connectivity index (χ2v) is 3.90. The van der Waals surface area contributed by atoms with Crippen LogP contribution in [0.5, 0.6) is 0 Å². The summed E-state index contributed by atoms with van der Waals surface area (Å²) in [5, 5.41) is 0.980. The minimum absolute atomic E-state index is 0.289. The van der Waals surface area contributed by atoms with Crippen LogP contribution in [0.3, 0.4) is 0 Å². The van der Waals surface area contributed by atoms with Gasteiger partial charge in [-0.05, 0) is 12.1 Å². The number of hydrazine groups is 1. The van der Waals surface area contributed by atoms with E-state index in [9.17, 15) is 4.79 Å². The van der Waals surface area contributed by atoms with Crippen molar-refractivity contribution in [3.05, 3.63) is 29.8 Å². The zero-order valence-corrected chi connectivity index (χ0v) is 11.5. The Balaban J connectivity index is 2.92. The topological polar surface area (TPSA) is 83.2 Å². The van der Waals surface area contributed by atoms with Crippen molar-refractivity contribution < 1.29 is 9.63 Å². The van der Waals surface area contributed by atoms with E-state index in [1.165, 1.54) is 0 Å². The van der Waals surface area contributed by atoms with Crippen molar-refractivity contribution in [1.82, 2.24) is 15.5 Å². The zero-order valence-electron chi connectivity index (χ0n) is 11.5. The van der Waals surface area contributed by atoms with Gasteiger partial charge >= 0.3 is 11.9 Å². The molecule has 0 bridgehead atoms. The van der Waals surface area contributed by atoms with Gasteiger partial charge < -0.3 is 15.5 Å². The van der Waals surface area contributed by atoms with Gasteiger partial charge in [-0.2, -0.15) is 5.43 Å². The summed E-state index contributed by atoms with van der Waals surface area (Å²) in [6.07, 6.45) is 0. The Morgan fingerprint density at radius 2 is 2.00 bits per heavy atom. The van der Waals surface area contributed by atoms with E-state index < -0.39 is 5.91 Å². The normalized spacial score (nSPS) is 11.1. The molecule has 0 saturated carbocycles. The molecule has 3 N–H and O–H groups in total. The van der Waals surface area contributed by atoms with Crippen molar-refractivity contribution in [1.29, 1.82) is 0 Å². The van der Waals surface area contributed by atoms with E-state index in [2.05, 4.69) is 10.4 Å². The molecule has 1 rings (SSSR count). The summed E-state index contributed by atoms with van der Waals surface area (Å²) in [6.45, 7) is 0. The predicted octanol–water partition coefficient (Wildman–Crippen LogP) is 0.324. The third-order valence-corrected chi connectivity index (χ3v) is 2.33. The zero-order chi connectivity index (χ0) is 14.4. The second kappa shape index (κ2) is 6.60. The summed E-state index contributed by atoms with van der Waals surface area (Å²) in [5.41, 5.74) is 9.15. The summed E-state index contributed by atoms with van der Waals surface area (Å²) in [5.74, 6) is -0.399. The summed E-state index contributed by atoms with van der Waals surface area (Å²) in [7, 11) is 6.67. The fourth-order valence-electron chi connectivity index (χ4n) is 1.39. The van der Waals surface area contributed by atoms with E-state index in [1.54, 1.807) is 57.4 Å².